The average Bonchev–Trinajstić information content (AvgIpc) is 2.15. The Hall–Kier alpha value is -0.510. The second-order valence-corrected chi connectivity index (χ2v) is 3.57. The fraction of sp³-hybridized carbons (Fsp3) is 0.400. The number of nitrogens with two attached hydrogens (primary N) is 1. The van der Waals surface area contributed by atoms with Crippen molar-refractivity contribution < 1.29 is 9.50 Å². The molecular formula is C10H14Cl2FNO. The predicted octanol–water partition coefficient (Wildman–Crippen LogP) is 3.41. The summed E-state index contributed by atoms with van der Waals surface area (Å²) in [6.45, 7) is 1.99. The number of hydrogen-bond acceptors (Lipinski definition) is 2. The van der Waals surface area contributed by atoms with Crippen LogP contribution in [-0.2, 0) is 0 Å². The fourth-order valence-corrected chi connectivity index (χ4v) is 1.49. The highest BCUT2D eigenvalue weighted by Gasteiger charge is 2.15. The minimum atomic E-state index is -0.628. The summed E-state index contributed by atoms with van der Waals surface area (Å²) in [5.41, 5.74) is 6.28. The zero-order valence-corrected chi connectivity index (χ0v) is 9.91. The van der Waals surface area contributed by atoms with E-state index >= 15 is 0 Å². The summed E-state index contributed by atoms with van der Waals surface area (Å²) in [7, 11) is 0. The van der Waals surface area contributed by atoms with Crippen LogP contribution in [0.4, 0.5) is 4.39 Å². The lowest BCUT2D eigenvalue weighted by atomic mass is 10.0. The standard InChI is InChI=1S/C10H13ClFNO.ClH/c1-2-3-8(13)6-4-5-7(12)9(11)10(6)14;/h4-5,8,14H,2-3,13H2,1H3;1H/t8-;/m1./s1. The van der Waals surface area contributed by atoms with Gasteiger partial charge in [-0.25, -0.2) is 4.39 Å². The van der Waals surface area contributed by atoms with Crippen LogP contribution in [0.15, 0.2) is 12.1 Å². The Morgan fingerprint density at radius 2 is 2.13 bits per heavy atom. The van der Waals surface area contributed by atoms with Crippen LogP contribution >= 0.6 is 24.0 Å². The highest BCUT2D eigenvalue weighted by Crippen LogP contribution is 2.34. The molecule has 1 atom stereocenters. The molecule has 0 amide bonds. The molecule has 0 spiro atoms. The van der Waals surface area contributed by atoms with Gasteiger partial charge in [-0.05, 0) is 12.5 Å². The van der Waals surface area contributed by atoms with Gasteiger partial charge in [0.1, 0.15) is 16.6 Å². The summed E-state index contributed by atoms with van der Waals surface area (Å²) in [4.78, 5) is 0. The van der Waals surface area contributed by atoms with E-state index in [9.17, 15) is 9.50 Å². The van der Waals surface area contributed by atoms with Crippen molar-refractivity contribution in [2.75, 3.05) is 0 Å². The van der Waals surface area contributed by atoms with Crippen LogP contribution in [0.1, 0.15) is 31.4 Å². The minimum Gasteiger partial charge on any atom is -0.506 e. The van der Waals surface area contributed by atoms with E-state index in [-0.39, 0.29) is 29.2 Å². The summed E-state index contributed by atoms with van der Waals surface area (Å²) in [5, 5.41) is 9.27. The highest BCUT2D eigenvalue weighted by molar-refractivity contribution is 6.32. The smallest absolute Gasteiger partial charge is 0.145 e. The first-order valence-electron chi connectivity index (χ1n) is 4.50. The summed E-state index contributed by atoms with van der Waals surface area (Å²) >= 11 is 5.55. The third kappa shape index (κ3) is 3.23. The number of phenolic OH excluding ortho intramolecular Hbond substituents is 1. The maximum atomic E-state index is 12.9. The second kappa shape index (κ2) is 6.16. The second-order valence-electron chi connectivity index (χ2n) is 3.19. The normalized spacial score (nSPS) is 12.0. The molecule has 0 saturated heterocycles. The molecule has 0 aromatic heterocycles. The van der Waals surface area contributed by atoms with Gasteiger partial charge in [0.25, 0.3) is 0 Å². The molecule has 5 heteroatoms. The van der Waals surface area contributed by atoms with Gasteiger partial charge in [0, 0.05) is 11.6 Å². The van der Waals surface area contributed by atoms with Gasteiger partial charge in [-0.1, -0.05) is 31.0 Å². The Kier molecular flexibility index (Phi) is 5.95. The number of rotatable bonds is 3. The lowest BCUT2D eigenvalue weighted by molar-refractivity contribution is 0.452. The van der Waals surface area contributed by atoms with Crippen LogP contribution in [-0.4, -0.2) is 5.11 Å². The first-order valence-corrected chi connectivity index (χ1v) is 4.88. The molecule has 0 bridgehead atoms. The quantitative estimate of drug-likeness (QED) is 0.868. The van der Waals surface area contributed by atoms with Gasteiger partial charge in [-0.2, -0.15) is 0 Å². The van der Waals surface area contributed by atoms with Crippen LogP contribution in [0.2, 0.25) is 5.02 Å². The summed E-state index contributed by atoms with van der Waals surface area (Å²) in [6.07, 6.45) is 1.63. The van der Waals surface area contributed by atoms with E-state index in [2.05, 4.69) is 0 Å². The average molecular weight is 254 g/mol. The molecule has 0 aliphatic heterocycles. The van der Waals surface area contributed by atoms with E-state index < -0.39 is 5.82 Å². The Bertz CT molecular complexity index is 333. The largest absolute Gasteiger partial charge is 0.506 e. The number of benzene rings is 1. The topological polar surface area (TPSA) is 46.2 Å². The molecule has 1 aromatic rings. The zero-order chi connectivity index (χ0) is 10.7. The Morgan fingerprint density at radius 1 is 1.53 bits per heavy atom. The first-order chi connectivity index (χ1) is 6.57. The van der Waals surface area contributed by atoms with Crippen molar-refractivity contribution >= 4 is 24.0 Å². The van der Waals surface area contributed by atoms with Crippen LogP contribution in [0.3, 0.4) is 0 Å². The Labute approximate surface area is 99.6 Å². The predicted molar refractivity (Wildman–Crippen MR) is 62.2 cm³/mol. The lowest BCUT2D eigenvalue weighted by Gasteiger charge is -2.13. The molecule has 0 saturated carbocycles. The molecule has 1 rings (SSSR count). The van der Waals surface area contributed by atoms with Crippen molar-refractivity contribution in [3.8, 4) is 5.75 Å². The van der Waals surface area contributed by atoms with Gasteiger partial charge in [0.2, 0.25) is 0 Å². The van der Waals surface area contributed by atoms with Crippen molar-refractivity contribution in [2.24, 2.45) is 5.73 Å². The summed E-state index contributed by atoms with van der Waals surface area (Å²) in [5.74, 6) is -0.871. The van der Waals surface area contributed by atoms with E-state index in [4.69, 9.17) is 17.3 Å². The number of halogens is 3. The molecule has 15 heavy (non-hydrogen) atoms. The van der Waals surface area contributed by atoms with Crippen LogP contribution in [0.25, 0.3) is 0 Å². The molecular weight excluding hydrogens is 240 g/mol. The van der Waals surface area contributed by atoms with E-state index in [1.807, 2.05) is 6.92 Å². The molecule has 0 fully saturated rings. The molecule has 0 unspecified atom stereocenters. The van der Waals surface area contributed by atoms with Crippen LogP contribution in [0.5, 0.6) is 5.75 Å². The third-order valence-corrected chi connectivity index (χ3v) is 2.46. The van der Waals surface area contributed by atoms with E-state index in [0.717, 1.165) is 12.8 Å². The maximum absolute atomic E-state index is 12.9. The van der Waals surface area contributed by atoms with Gasteiger partial charge in [0.05, 0.1) is 0 Å². The maximum Gasteiger partial charge on any atom is 0.145 e. The van der Waals surface area contributed by atoms with Gasteiger partial charge >= 0.3 is 0 Å². The fourth-order valence-electron chi connectivity index (χ4n) is 1.32. The number of aromatic hydroxyl groups is 1. The van der Waals surface area contributed by atoms with E-state index in [1.54, 1.807) is 0 Å². The Morgan fingerprint density at radius 3 is 2.67 bits per heavy atom. The molecule has 0 heterocycles. The van der Waals surface area contributed by atoms with Crippen molar-refractivity contribution in [3.05, 3.63) is 28.5 Å². The molecule has 0 radical (unpaired) electrons. The minimum absolute atomic E-state index is 0. The molecule has 2 nitrogen and oxygen atoms in total. The third-order valence-electron chi connectivity index (χ3n) is 2.10. The lowest BCUT2D eigenvalue weighted by Crippen LogP contribution is -2.10. The number of hydrogen-bond donors (Lipinski definition) is 2. The summed E-state index contributed by atoms with van der Waals surface area (Å²) in [6, 6.07) is 2.39. The first kappa shape index (κ1) is 14.5. The number of phenols is 1. The van der Waals surface area contributed by atoms with Gasteiger partial charge in [-0.15, -0.1) is 12.4 Å². The van der Waals surface area contributed by atoms with Crippen LogP contribution in [0, 0.1) is 5.82 Å². The van der Waals surface area contributed by atoms with Crippen LogP contribution < -0.4 is 5.73 Å². The van der Waals surface area contributed by atoms with Crippen molar-refractivity contribution in [1.29, 1.82) is 0 Å². The van der Waals surface area contributed by atoms with Crippen molar-refractivity contribution in [3.63, 3.8) is 0 Å². The van der Waals surface area contributed by atoms with E-state index in [0.29, 0.717) is 5.56 Å². The van der Waals surface area contributed by atoms with Gasteiger partial charge in [-0.3, -0.25) is 0 Å². The molecule has 1 aromatic carbocycles. The zero-order valence-electron chi connectivity index (χ0n) is 8.34. The molecule has 0 aliphatic carbocycles. The molecule has 3 N–H and O–H groups in total. The van der Waals surface area contributed by atoms with Gasteiger partial charge in [0.15, 0.2) is 0 Å². The van der Waals surface area contributed by atoms with Crippen molar-refractivity contribution in [2.45, 2.75) is 25.8 Å². The monoisotopic (exact) mass is 253 g/mol. The molecule has 86 valence electrons. The highest BCUT2D eigenvalue weighted by atomic mass is 35.5. The van der Waals surface area contributed by atoms with Crippen molar-refractivity contribution in [1.82, 2.24) is 0 Å². The van der Waals surface area contributed by atoms with Gasteiger partial charge < -0.3 is 10.8 Å². The van der Waals surface area contributed by atoms with E-state index in [1.165, 1.54) is 12.1 Å². The SMILES string of the molecule is CCC[C@@H](N)c1ccc(F)c(Cl)c1O.Cl. The molecule has 0 aliphatic rings. The Balaban J connectivity index is 0.00000196. The summed E-state index contributed by atoms with van der Waals surface area (Å²) < 4.78 is 12.9.